The van der Waals surface area contributed by atoms with Gasteiger partial charge in [0, 0.05) is 0 Å². The normalized spacial score (nSPS) is 9.73. The molecule has 0 heterocycles. The summed E-state index contributed by atoms with van der Waals surface area (Å²) in [5, 5.41) is 8.80. The molecule has 0 fully saturated rings. The Morgan fingerprint density at radius 1 is 1.40 bits per heavy atom. The lowest BCUT2D eigenvalue weighted by Gasteiger charge is -2.05. The average Bonchev–Trinajstić information content (AvgIpc) is 2.29. The second kappa shape index (κ2) is 6.00. The smallest absolute Gasteiger partial charge is 0.237 e. The molecule has 5 heteroatoms. The third kappa shape index (κ3) is 3.97. The fraction of sp³-hybridized carbons (Fsp3) is 0.300. The van der Waals surface area contributed by atoms with Gasteiger partial charge in [0.05, 0.1) is 19.6 Å². The van der Waals surface area contributed by atoms with Crippen LogP contribution in [0, 0.1) is 0 Å². The van der Waals surface area contributed by atoms with Crippen LogP contribution in [0.15, 0.2) is 24.3 Å². The fourth-order valence-corrected chi connectivity index (χ4v) is 1.02. The Morgan fingerprint density at radius 3 is 2.60 bits per heavy atom. The lowest BCUT2D eigenvalue weighted by molar-refractivity contribution is -0.121. The summed E-state index contributed by atoms with van der Waals surface area (Å²) in [5.74, 6) is 5.31. The number of hydrazine groups is 1. The van der Waals surface area contributed by atoms with E-state index in [-0.39, 0.29) is 25.5 Å². The number of benzene rings is 1. The SMILES string of the molecule is NNC(=O)CCOc1ccc(CO)cc1. The zero-order chi connectivity index (χ0) is 11.1. The molecule has 1 aromatic rings. The minimum absolute atomic E-state index is 0.00978. The van der Waals surface area contributed by atoms with Gasteiger partial charge in [0.15, 0.2) is 0 Å². The van der Waals surface area contributed by atoms with Crippen LogP contribution in [0.2, 0.25) is 0 Å². The third-order valence-electron chi connectivity index (χ3n) is 1.86. The molecule has 0 radical (unpaired) electrons. The van der Waals surface area contributed by atoms with Gasteiger partial charge in [-0.05, 0) is 17.7 Å². The van der Waals surface area contributed by atoms with Crippen molar-refractivity contribution in [3.05, 3.63) is 29.8 Å². The molecule has 0 bridgehead atoms. The summed E-state index contributed by atoms with van der Waals surface area (Å²) < 4.78 is 5.28. The quantitative estimate of drug-likeness (QED) is 0.361. The first-order valence-corrected chi connectivity index (χ1v) is 4.58. The molecule has 4 N–H and O–H groups in total. The van der Waals surface area contributed by atoms with Crippen molar-refractivity contribution in [2.75, 3.05) is 6.61 Å². The van der Waals surface area contributed by atoms with Gasteiger partial charge in [-0.25, -0.2) is 5.84 Å². The van der Waals surface area contributed by atoms with Crippen LogP contribution in [0.3, 0.4) is 0 Å². The Labute approximate surface area is 87.8 Å². The highest BCUT2D eigenvalue weighted by Gasteiger charge is 1.99. The lowest BCUT2D eigenvalue weighted by atomic mass is 10.2. The molecule has 1 rings (SSSR count). The predicted octanol–water partition coefficient (Wildman–Crippen LogP) is -0.0623. The topological polar surface area (TPSA) is 84.6 Å². The van der Waals surface area contributed by atoms with Gasteiger partial charge >= 0.3 is 0 Å². The standard InChI is InChI=1S/C10H14N2O3/c11-12-10(14)5-6-15-9-3-1-8(7-13)2-4-9/h1-4,13H,5-7,11H2,(H,12,14). The monoisotopic (exact) mass is 210 g/mol. The number of rotatable bonds is 5. The molecule has 0 saturated carbocycles. The van der Waals surface area contributed by atoms with Crippen LogP contribution >= 0.6 is 0 Å². The number of amides is 1. The van der Waals surface area contributed by atoms with Crippen LogP contribution in [-0.4, -0.2) is 17.6 Å². The molecule has 0 saturated heterocycles. The molecule has 15 heavy (non-hydrogen) atoms. The van der Waals surface area contributed by atoms with Crippen molar-refractivity contribution in [3.63, 3.8) is 0 Å². The molecule has 0 atom stereocenters. The number of ether oxygens (including phenoxy) is 1. The van der Waals surface area contributed by atoms with Crippen LogP contribution in [0.4, 0.5) is 0 Å². The number of hydrogen-bond acceptors (Lipinski definition) is 4. The Hall–Kier alpha value is -1.59. The summed E-state index contributed by atoms with van der Waals surface area (Å²) in [5.41, 5.74) is 2.84. The summed E-state index contributed by atoms with van der Waals surface area (Å²) >= 11 is 0. The number of nitrogens with two attached hydrogens (primary N) is 1. The number of aliphatic hydroxyl groups is 1. The molecule has 5 nitrogen and oxygen atoms in total. The first-order chi connectivity index (χ1) is 7.26. The molecule has 0 aliphatic carbocycles. The first kappa shape index (κ1) is 11.5. The molecule has 0 spiro atoms. The van der Waals surface area contributed by atoms with Gasteiger partial charge in [0.25, 0.3) is 0 Å². The zero-order valence-electron chi connectivity index (χ0n) is 8.27. The van der Waals surface area contributed by atoms with Crippen molar-refractivity contribution >= 4 is 5.91 Å². The molecular weight excluding hydrogens is 196 g/mol. The van der Waals surface area contributed by atoms with Crippen LogP contribution < -0.4 is 16.0 Å². The first-order valence-electron chi connectivity index (χ1n) is 4.58. The van der Waals surface area contributed by atoms with E-state index in [4.69, 9.17) is 15.7 Å². The van der Waals surface area contributed by atoms with E-state index in [1.165, 1.54) is 0 Å². The van der Waals surface area contributed by atoms with Crippen LogP contribution in [0.5, 0.6) is 5.75 Å². The van der Waals surface area contributed by atoms with E-state index < -0.39 is 0 Å². The van der Waals surface area contributed by atoms with Crippen molar-refractivity contribution in [3.8, 4) is 5.75 Å². The maximum atomic E-state index is 10.8. The number of nitrogens with one attached hydrogen (secondary N) is 1. The van der Waals surface area contributed by atoms with E-state index in [9.17, 15) is 4.79 Å². The van der Waals surface area contributed by atoms with Gasteiger partial charge in [-0.2, -0.15) is 0 Å². The maximum Gasteiger partial charge on any atom is 0.237 e. The zero-order valence-corrected chi connectivity index (χ0v) is 8.27. The highest BCUT2D eigenvalue weighted by atomic mass is 16.5. The lowest BCUT2D eigenvalue weighted by Crippen LogP contribution is -2.31. The largest absolute Gasteiger partial charge is 0.493 e. The number of aliphatic hydroxyl groups excluding tert-OH is 1. The number of carbonyl (C=O) groups is 1. The van der Waals surface area contributed by atoms with Gasteiger partial charge in [-0.1, -0.05) is 12.1 Å². The summed E-state index contributed by atoms with van der Waals surface area (Å²) in [6.45, 7) is 0.289. The van der Waals surface area contributed by atoms with Crippen molar-refractivity contribution < 1.29 is 14.6 Å². The Bertz CT molecular complexity index is 311. The second-order valence-corrected chi connectivity index (χ2v) is 2.97. The molecule has 0 aliphatic rings. The molecule has 0 aliphatic heterocycles. The van der Waals surface area contributed by atoms with Gasteiger partial charge in [0.2, 0.25) is 5.91 Å². The van der Waals surface area contributed by atoms with Crippen LogP contribution in [-0.2, 0) is 11.4 Å². The van der Waals surface area contributed by atoms with Crippen LogP contribution in [0.25, 0.3) is 0 Å². The van der Waals surface area contributed by atoms with Gasteiger partial charge in [-0.3, -0.25) is 10.2 Å². The molecular formula is C10H14N2O3. The highest BCUT2D eigenvalue weighted by Crippen LogP contribution is 2.12. The molecule has 82 valence electrons. The van der Waals surface area contributed by atoms with Crippen molar-refractivity contribution in [2.45, 2.75) is 13.0 Å². The van der Waals surface area contributed by atoms with Gasteiger partial charge < -0.3 is 9.84 Å². The number of hydrogen-bond donors (Lipinski definition) is 3. The van der Waals surface area contributed by atoms with E-state index >= 15 is 0 Å². The summed E-state index contributed by atoms with van der Waals surface area (Å²) in [7, 11) is 0. The van der Waals surface area contributed by atoms with Crippen molar-refractivity contribution in [1.29, 1.82) is 0 Å². The summed E-state index contributed by atoms with van der Waals surface area (Å²) in [6.07, 6.45) is 0.220. The Kier molecular flexibility index (Phi) is 4.59. The minimum atomic E-state index is -0.262. The average molecular weight is 210 g/mol. The summed E-state index contributed by atoms with van der Waals surface area (Å²) in [4.78, 5) is 10.8. The second-order valence-electron chi connectivity index (χ2n) is 2.97. The summed E-state index contributed by atoms with van der Waals surface area (Å²) in [6, 6.07) is 7.01. The molecule has 1 amide bonds. The van der Waals surface area contributed by atoms with E-state index in [1.54, 1.807) is 24.3 Å². The highest BCUT2D eigenvalue weighted by molar-refractivity contribution is 5.75. The fourth-order valence-electron chi connectivity index (χ4n) is 1.02. The molecule has 1 aromatic carbocycles. The van der Waals surface area contributed by atoms with Gasteiger partial charge in [0.1, 0.15) is 5.75 Å². The van der Waals surface area contributed by atoms with E-state index in [1.807, 2.05) is 5.43 Å². The minimum Gasteiger partial charge on any atom is -0.493 e. The van der Waals surface area contributed by atoms with E-state index in [0.717, 1.165) is 5.56 Å². The van der Waals surface area contributed by atoms with E-state index in [0.29, 0.717) is 5.75 Å². The van der Waals surface area contributed by atoms with E-state index in [2.05, 4.69) is 0 Å². The predicted molar refractivity (Wildman–Crippen MR) is 54.8 cm³/mol. The van der Waals surface area contributed by atoms with Gasteiger partial charge in [-0.15, -0.1) is 0 Å². The van der Waals surface area contributed by atoms with Crippen molar-refractivity contribution in [2.24, 2.45) is 5.84 Å². The van der Waals surface area contributed by atoms with Crippen LogP contribution in [0.1, 0.15) is 12.0 Å². The maximum absolute atomic E-state index is 10.8. The Balaban J connectivity index is 2.34. The Morgan fingerprint density at radius 2 is 2.07 bits per heavy atom. The van der Waals surface area contributed by atoms with Crippen molar-refractivity contribution in [1.82, 2.24) is 5.43 Å². The molecule has 0 aromatic heterocycles. The number of carbonyl (C=O) groups excluding carboxylic acids is 1. The molecule has 0 unspecified atom stereocenters. The third-order valence-corrected chi connectivity index (χ3v) is 1.86.